The summed E-state index contributed by atoms with van der Waals surface area (Å²) in [7, 11) is 0. The molecule has 0 fully saturated rings. The lowest BCUT2D eigenvalue weighted by atomic mass is 10.2. The Bertz CT molecular complexity index is 630. The van der Waals surface area contributed by atoms with Crippen LogP contribution in [0.15, 0.2) is 22.8 Å². The maximum Gasteiger partial charge on any atom is 0.355 e. The summed E-state index contributed by atoms with van der Waals surface area (Å²) in [5, 5.41) is 0. The first kappa shape index (κ1) is 14.0. The van der Waals surface area contributed by atoms with E-state index in [0.29, 0.717) is 11.3 Å². The molecule has 0 aliphatic rings. The standard InChI is InChI=1S/C13H12BrNO3S/c1-7-3-10(8(2)19-7)12(16)6-18-13(17)11-4-9(14)5-15-11/h3-5,15H,6H2,1-2H3. The fourth-order valence-corrected chi connectivity index (χ4v) is 2.97. The summed E-state index contributed by atoms with van der Waals surface area (Å²) in [6.07, 6.45) is 1.63. The Hall–Kier alpha value is -1.40. The van der Waals surface area contributed by atoms with Crippen molar-refractivity contribution in [3.05, 3.63) is 43.8 Å². The molecule has 0 aliphatic carbocycles. The highest BCUT2D eigenvalue weighted by Crippen LogP contribution is 2.21. The number of aromatic nitrogens is 1. The Balaban J connectivity index is 1.97. The third-order valence-electron chi connectivity index (χ3n) is 2.54. The molecule has 19 heavy (non-hydrogen) atoms. The molecule has 0 unspecified atom stereocenters. The van der Waals surface area contributed by atoms with Crippen molar-refractivity contribution in [1.29, 1.82) is 0 Å². The molecule has 0 aromatic carbocycles. The minimum absolute atomic E-state index is 0.180. The quantitative estimate of drug-likeness (QED) is 0.683. The molecule has 2 rings (SSSR count). The van der Waals surface area contributed by atoms with Gasteiger partial charge in [-0.15, -0.1) is 11.3 Å². The van der Waals surface area contributed by atoms with Crippen molar-refractivity contribution in [2.24, 2.45) is 0 Å². The first-order chi connectivity index (χ1) is 8.97. The van der Waals surface area contributed by atoms with Crippen LogP contribution in [0.4, 0.5) is 0 Å². The molecule has 0 spiro atoms. The van der Waals surface area contributed by atoms with E-state index < -0.39 is 5.97 Å². The van der Waals surface area contributed by atoms with Gasteiger partial charge in [0.1, 0.15) is 5.69 Å². The van der Waals surface area contributed by atoms with Crippen molar-refractivity contribution in [3.8, 4) is 0 Å². The molecule has 0 bridgehead atoms. The van der Waals surface area contributed by atoms with Gasteiger partial charge < -0.3 is 9.72 Å². The van der Waals surface area contributed by atoms with Gasteiger partial charge in [0.15, 0.2) is 6.61 Å². The lowest BCUT2D eigenvalue weighted by Crippen LogP contribution is -2.14. The van der Waals surface area contributed by atoms with Crippen molar-refractivity contribution in [3.63, 3.8) is 0 Å². The largest absolute Gasteiger partial charge is 0.453 e. The van der Waals surface area contributed by atoms with Gasteiger partial charge in [-0.2, -0.15) is 0 Å². The van der Waals surface area contributed by atoms with E-state index in [1.54, 1.807) is 23.6 Å². The third-order valence-corrected chi connectivity index (χ3v) is 3.97. The van der Waals surface area contributed by atoms with Crippen LogP contribution in [0.2, 0.25) is 0 Å². The second-order valence-corrected chi connectivity index (χ2v) is 6.43. The second kappa shape index (κ2) is 5.71. The van der Waals surface area contributed by atoms with Crippen LogP contribution in [-0.4, -0.2) is 23.3 Å². The maximum atomic E-state index is 11.9. The summed E-state index contributed by atoms with van der Waals surface area (Å²) in [4.78, 5) is 28.4. The molecule has 0 saturated heterocycles. The summed E-state index contributed by atoms with van der Waals surface area (Å²) in [6, 6.07) is 3.42. The van der Waals surface area contributed by atoms with Crippen molar-refractivity contribution in [1.82, 2.24) is 4.98 Å². The number of ketones is 1. The van der Waals surface area contributed by atoms with Crippen molar-refractivity contribution in [2.75, 3.05) is 6.61 Å². The molecule has 4 nitrogen and oxygen atoms in total. The van der Waals surface area contributed by atoms with Crippen LogP contribution in [0, 0.1) is 13.8 Å². The van der Waals surface area contributed by atoms with E-state index in [4.69, 9.17) is 4.74 Å². The molecule has 100 valence electrons. The summed E-state index contributed by atoms with van der Waals surface area (Å²) in [6.45, 7) is 3.58. The number of halogens is 1. The molecular weight excluding hydrogens is 330 g/mol. The number of Topliss-reactive ketones (excluding diaryl/α,β-unsaturated/α-hetero) is 1. The summed E-state index contributed by atoms with van der Waals surface area (Å²) in [5.41, 5.74) is 0.945. The molecule has 0 aliphatic heterocycles. The number of carbonyl (C=O) groups excluding carboxylic acids is 2. The van der Waals surface area contributed by atoms with E-state index >= 15 is 0 Å². The number of aromatic amines is 1. The van der Waals surface area contributed by atoms with Gasteiger partial charge in [-0.3, -0.25) is 4.79 Å². The van der Waals surface area contributed by atoms with E-state index in [1.807, 2.05) is 19.9 Å². The van der Waals surface area contributed by atoms with Gasteiger partial charge in [0.2, 0.25) is 5.78 Å². The number of carbonyl (C=O) groups is 2. The van der Waals surface area contributed by atoms with Crippen LogP contribution in [0.25, 0.3) is 0 Å². The van der Waals surface area contributed by atoms with E-state index in [9.17, 15) is 9.59 Å². The van der Waals surface area contributed by atoms with Gasteiger partial charge in [0.05, 0.1) is 0 Å². The Morgan fingerprint density at radius 3 is 2.63 bits per heavy atom. The number of hydrogen-bond donors (Lipinski definition) is 1. The average Bonchev–Trinajstić information content (AvgIpc) is 2.92. The predicted octanol–water partition coefficient (Wildman–Crippen LogP) is 3.50. The number of aryl methyl sites for hydroxylation is 2. The van der Waals surface area contributed by atoms with E-state index in [0.717, 1.165) is 14.2 Å². The van der Waals surface area contributed by atoms with Crippen molar-refractivity contribution < 1.29 is 14.3 Å². The van der Waals surface area contributed by atoms with Crippen LogP contribution in [0.5, 0.6) is 0 Å². The topological polar surface area (TPSA) is 59.2 Å². The van der Waals surface area contributed by atoms with E-state index in [1.165, 1.54) is 0 Å². The number of esters is 1. The van der Waals surface area contributed by atoms with Gasteiger partial charge in [-0.25, -0.2) is 4.79 Å². The van der Waals surface area contributed by atoms with Gasteiger partial charge in [-0.1, -0.05) is 0 Å². The highest BCUT2D eigenvalue weighted by atomic mass is 79.9. The number of rotatable bonds is 4. The summed E-state index contributed by atoms with van der Waals surface area (Å²) in [5.74, 6) is -0.718. The molecule has 2 heterocycles. The van der Waals surface area contributed by atoms with Crippen LogP contribution in [0.1, 0.15) is 30.6 Å². The minimum atomic E-state index is -0.538. The maximum absolute atomic E-state index is 11.9. The second-order valence-electron chi connectivity index (χ2n) is 4.06. The molecule has 2 aromatic rings. The molecule has 6 heteroatoms. The number of ether oxygens (including phenoxy) is 1. The zero-order valence-corrected chi connectivity index (χ0v) is 12.9. The van der Waals surface area contributed by atoms with Crippen LogP contribution < -0.4 is 0 Å². The van der Waals surface area contributed by atoms with Crippen LogP contribution in [0.3, 0.4) is 0 Å². The summed E-state index contributed by atoms with van der Waals surface area (Å²) >= 11 is 4.78. The number of H-pyrrole nitrogens is 1. The van der Waals surface area contributed by atoms with Gasteiger partial charge in [0.25, 0.3) is 0 Å². The molecule has 0 amide bonds. The Morgan fingerprint density at radius 1 is 1.37 bits per heavy atom. The highest BCUT2D eigenvalue weighted by molar-refractivity contribution is 9.10. The number of hydrogen-bond acceptors (Lipinski definition) is 4. The zero-order chi connectivity index (χ0) is 14.0. The Morgan fingerprint density at radius 2 is 2.11 bits per heavy atom. The third kappa shape index (κ3) is 3.33. The monoisotopic (exact) mass is 341 g/mol. The molecular formula is C13H12BrNO3S. The molecule has 0 atom stereocenters. The molecule has 1 N–H and O–H groups in total. The number of thiophene rings is 1. The summed E-state index contributed by atoms with van der Waals surface area (Å²) < 4.78 is 5.75. The molecule has 2 aromatic heterocycles. The predicted molar refractivity (Wildman–Crippen MR) is 76.9 cm³/mol. The average molecular weight is 342 g/mol. The van der Waals surface area contributed by atoms with Gasteiger partial charge in [0, 0.05) is 26.0 Å². The van der Waals surface area contributed by atoms with Gasteiger partial charge in [-0.05, 0) is 41.9 Å². The highest BCUT2D eigenvalue weighted by Gasteiger charge is 2.16. The van der Waals surface area contributed by atoms with Crippen LogP contribution >= 0.6 is 27.3 Å². The van der Waals surface area contributed by atoms with Crippen molar-refractivity contribution in [2.45, 2.75) is 13.8 Å². The minimum Gasteiger partial charge on any atom is -0.453 e. The van der Waals surface area contributed by atoms with Crippen molar-refractivity contribution >= 4 is 39.0 Å². The lowest BCUT2D eigenvalue weighted by molar-refractivity contribution is 0.0469. The Kier molecular flexibility index (Phi) is 4.21. The fraction of sp³-hybridized carbons (Fsp3) is 0.231. The van der Waals surface area contributed by atoms with Crippen LogP contribution in [-0.2, 0) is 4.74 Å². The lowest BCUT2D eigenvalue weighted by Gasteiger charge is -2.02. The normalized spacial score (nSPS) is 10.5. The smallest absolute Gasteiger partial charge is 0.355 e. The molecule has 0 radical (unpaired) electrons. The Labute approximate surface area is 122 Å². The fourth-order valence-electron chi connectivity index (χ4n) is 1.68. The van der Waals surface area contributed by atoms with E-state index in [-0.39, 0.29) is 12.4 Å². The zero-order valence-electron chi connectivity index (χ0n) is 10.5. The SMILES string of the molecule is Cc1cc(C(=O)COC(=O)c2cc(Br)c[nH]2)c(C)s1. The molecule has 0 saturated carbocycles. The number of nitrogens with one attached hydrogen (secondary N) is 1. The first-order valence-electron chi connectivity index (χ1n) is 5.58. The van der Waals surface area contributed by atoms with E-state index in [2.05, 4.69) is 20.9 Å². The van der Waals surface area contributed by atoms with Gasteiger partial charge >= 0.3 is 5.97 Å². The first-order valence-corrected chi connectivity index (χ1v) is 7.19.